The number of allylic oxidation sites excluding steroid dienone is 1. The lowest BCUT2D eigenvalue weighted by atomic mass is 10.0. The average molecular weight is 389 g/mol. The van der Waals surface area contributed by atoms with Crippen LogP contribution in [0, 0.1) is 0 Å². The van der Waals surface area contributed by atoms with Gasteiger partial charge in [-0.2, -0.15) is 0 Å². The molecule has 3 aromatic rings. The number of ether oxygens (including phenoxy) is 1. The fraction of sp³-hybridized carbons (Fsp3) is 0.125. The van der Waals surface area contributed by atoms with Gasteiger partial charge in [-0.1, -0.05) is 42.5 Å². The number of methoxy groups -OCH3 is 1. The summed E-state index contributed by atoms with van der Waals surface area (Å²) in [4.78, 5) is 14.1. The van der Waals surface area contributed by atoms with Crippen LogP contribution in [0.3, 0.4) is 0 Å². The summed E-state index contributed by atoms with van der Waals surface area (Å²) in [6.45, 7) is 2.13. The summed E-state index contributed by atoms with van der Waals surface area (Å²) in [6.07, 6.45) is 0. The summed E-state index contributed by atoms with van der Waals surface area (Å²) < 4.78 is 5.31. The Morgan fingerprint density at radius 1 is 0.966 bits per heavy atom. The first-order chi connectivity index (χ1) is 14.0. The Morgan fingerprint density at radius 3 is 2.28 bits per heavy atom. The van der Waals surface area contributed by atoms with Crippen molar-refractivity contribution in [3.05, 3.63) is 95.7 Å². The molecule has 0 atom stereocenters. The van der Waals surface area contributed by atoms with E-state index in [9.17, 15) is 15.0 Å². The van der Waals surface area contributed by atoms with Gasteiger partial charge in [-0.05, 0) is 60.0 Å². The number of benzene rings is 3. The first-order valence-corrected chi connectivity index (χ1v) is 9.18. The predicted molar refractivity (Wildman–Crippen MR) is 114 cm³/mol. The number of carbonyl (C=O) groups is 1. The zero-order valence-electron chi connectivity index (χ0n) is 16.4. The third-order valence-corrected chi connectivity index (χ3v) is 4.67. The maximum Gasteiger partial charge on any atom is 0.352 e. The number of aliphatic carboxylic acids is 1. The van der Waals surface area contributed by atoms with E-state index in [1.165, 1.54) is 0 Å². The summed E-state index contributed by atoms with van der Waals surface area (Å²) in [7, 11) is 1.60. The highest BCUT2D eigenvalue weighted by atomic mass is 16.5. The summed E-state index contributed by atoms with van der Waals surface area (Å²) in [6, 6.07) is 23.5. The number of carboxylic acid groups (broad SMARTS) is 1. The molecule has 0 aliphatic rings. The molecule has 0 aromatic heterocycles. The van der Waals surface area contributed by atoms with Crippen molar-refractivity contribution in [1.82, 2.24) is 0 Å². The van der Waals surface area contributed by atoms with Crippen LogP contribution < -0.4 is 9.64 Å². The predicted octanol–water partition coefficient (Wildman–Crippen LogP) is 4.92. The van der Waals surface area contributed by atoms with E-state index in [2.05, 4.69) is 0 Å². The van der Waals surface area contributed by atoms with Gasteiger partial charge in [-0.15, -0.1) is 0 Å². The summed E-state index contributed by atoms with van der Waals surface area (Å²) in [5, 5.41) is 19.7. The highest BCUT2D eigenvalue weighted by Crippen LogP contribution is 2.29. The van der Waals surface area contributed by atoms with Crippen LogP contribution in [-0.2, 0) is 11.3 Å². The minimum atomic E-state index is -1.03. The molecule has 0 aliphatic carbocycles. The molecule has 0 spiro atoms. The monoisotopic (exact) mass is 389 g/mol. The van der Waals surface area contributed by atoms with Crippen LogP contribution in [0.4, 0.5) is 5.69 Å². The van der Waals surface area contributed by atoms with E-state index in [0.29, 0.717) is 17.9 Å². The lowest BCUT2D eigenvalue weighted by Gasteiger charge is -2.27. The number of phenols is 1. The molecule has 0 heterocycles. The second-order valence-corrected chi connectivity index (χ2v) is 6.60. The van der Waals surface area contributed by atoms with Crippen LogP contribution in [0.15, 0.2) is 84.6 Å². The van der Waals surface area contributed by atoms with Gasteiger partial charge in [0, 0.05) is 12.2 Å². The molecule has 0 radical (unpaired) electrons. The van der Waals surface area contributed by atoms with Crippen molar-refractivity contribution in [2.24, 2.45) is 0 Å². The molecule has 3 rings (SSSR count). The van der Waals surface area contributed by atoms with Gasteiger partial charge in [-0.3, -0.25) is 0 Å². The van der Waals surface area contributed by atoms with Crippen molar-refractivity contribution in [2.45, 2.75) is 13.5 Å². The van der Waals surface area contributed by atoms with Crippen LogP contribution in [0.1, 0.15) is 18.1 Å². The molecule has 0 fully saturated rings. The smallest absolute Gasteiger partial charge is 0.352 e. The molecule has 0 saturated heterocycles. The zero-order chi connectivity index (χ0) is 20.8. The Hall–Kier alpha value is -3.73. The van der Waals surface area contributed by atoms with Crippen LogP contribution in [0.2, 0.25) is 0 Å². The van der Waals surface area contributed by atoms with Gasteiger partial charge in [0.25, 0.3) is 0 Å². The molecule has 5 heteroatoms. The van der Waals surface area contributed by atoms with Crippen LogP contribution in [0.25, 0.3) is 5.57 Å². The van der Waals surface area contributed by atoms with Crippen molar-refractivity contribution >= 4 is 17.2 Å². The lowest BCUT2D eigenvalue weighted by molar-refractivity contribution is -0.132. The average Bonchev–Trinajstić information content (AvgIpc) is 2.74. The molecule has 3 aromatic carbocycles. The number of carboxylic acids is 1. The van der Waals surface area contributed by atoms with Gasteiger partial charge in [0.2, 0.25) is 0 Å². The highest BCUT2D eigenvalue weighted by molar-refractivity contribution is 5.99. The van der Waals surface area contributed by atoms with Gasteiger partial charge in [0.05, 0.1) is 7.11 Å². The van der Waals surface area contributed by atoms with Crippen molar-refractivity contribution in [2.75, 3.05) is 12.0 Å². The number of hydrogen-bond donors (Lipinski definition) is 2. The SMILES string of the molecule is COc1cccc(CN(/C(C(=O)O)=C(\C)c2ccc(O)cc2)c2ccccc2)c1. The summed E-state index contributed by atoms with van der Waals surface area (Å²) in [5.74, 6) is -0.177. The van der Waals surface area contributed by atoms with Gasteiger partial charge >= 0.3 is 5.97 Å². The Bertz CT molecular complexity index is 1010. The first-order valence-electron chi connectivity index (χ1n) is 9.18. The molecule has 0 bridgehead atoms. The molecular weight excluding hydrogens is 366 g/mol. The van der Waals surface area contributed by atoms with Gasteiger partial charge in [0.1, 0.15) is 17.2 Å². The van der Waals surface area contributed by atoms with E-state index in [1.54, 1.807) is 43.2 Å². The zero-order valence-corrected chi connectivity index (χ0v) is 16.4. The second kappa shape index (κ2) is 8.97. The normalized spacial score (nSPS) is 11.5. The quantitative estimate of drug-likeness (QED) is 0.561. The molecular formula is C24H23NO4. The minimum absolute atomic E-state index is 0.134. The maximum atomic E-state index is 12.3. The Labute approximate surface area is 170 Å². The van der Waals surface area contributed by atoms with E-state index in [-0.39, 0.29) is 11.4 Å². The molecule has 0 aliphatic heterocycles. The topological polar surface area (TPSA) is 70.0 Å². The Kier molecular flexibility index (Phi) is 6.19. The van der Waals surface area contributed by atoms with Crippen molar-refractivity contribution in [1.29, 1.82) is 0 Å². The minimum Gasteiger partial charge on any atom is -0.508 e. The van der Waals surface area contributed by atoms with Gasteiger partial charge < -0.3 is 19.8 Å². The van der Waals surface area contributed by atoms with Crippen molar-refractivity contribution in [3.8, 4) is 11.5 Å². The second-order valence-electron chi connectivity index (χ2n) is 6.60. The Morgan fingerprint density at radius 2 is 1.66 bits per heavy atom. The number of phenolic OH excluding ortho intramolecular Hbond substituents is 1. The van der Waals surface area contributed by atoms with E-state index < -0.39 is 5.97 Å². The molecule has 0 saturated carbocycles. The van der Waals surface area contributed by atoms with E-state index in [1.807, 2.05) is 54.6 Å². The third-order valence-electron chi connectivity index (χ3n) is 4.67. The van der Waals surface area contributed by atoms with E-state index in [4.69, 9.17) is 4.74 Å². The van der Waals surface area contributed by atoms with E-state index in [0.717, 1.165) is 16.8 Å². The van der Waals surface area contributed by atoms with Gasteiger partial charge in [0.15, 0.2) is 0 Å². The molecule has 0 amide bonds. The summed E-state index contributed by atoms with van der Waals surface area (Å²) in [5.41, 5.74) is 3.19. The Balaban J connectivity index is 2.12. The number of aromatic hydroxyl groups is 1. The van der Waals surface area contributed by atoms with E-state index >= 15 is 0 Å². The standard InChI is InChI=1S/C24H23NO4/c1-17(19-11-13-21(26)14-12-19)23(24(27)28)25(20-8-4-3-5-9-20)16-18-7-6-10-22(15-18)29-2/h3-15,26H,16H2,1-2H3,(H,27,28)/b23-17+. The number of nitrogens with zero attached hydrogens (tertiary/aromatic N) is 1. The molecule has 2 N–H and O–H groups in total. The highest BCUT2D eigenvalue weighted by Gasteiger charge is 2.22. The largest absolute Gasteiger partial charge is 0.508 e. The van der Waals surface area contributed by atoms with Crippen molar-refractivity contribution < 1.29 is 19.7 Å². The number of hydrogen-bond acceptors (Lipinski definition) is 4. The maximum absolute atomic E-state index is 12.3. The molecule has 5 nitrogen and oxygen atoms in total. The number of anilines is 1. The molecule has 29 heavy (non-hydrogen) atoms. The fourth-order valence-corrected chi connectivity index (χ4v) is 3.19. The molecule has 0 unspecified atom stereocenters. The number of para-hydroxylation sites is 1. The fourth-order valence-electron chi connectivity index (χ4n) is 3.19. The summed E-state index contributed by atoms with van der Waals surface area (Å²) >= 11 is 0. The lowest BCUT2D eigenvalue weighted by Crippen LogP contribution is -2.28. The first kappa shape index (κ1) is 20.0. The van der Waals surface area contributed by atoms with Gasteiger partial charge in [-0.25, -0.2) is 4.79 Å². The molecule has 148 valence electrons. The van der Waals surface area contributed by atoms with Crippen LogP contribution in [-0.4, -0.2) is 23.3 Å². The third kappa shape index (κ3) is 4.76. The van der Waals surface area contributed by atoms with Crippen molar-refractivity contribution in [3.63, 3.8) is 0 Å². The number of rotatable bonds is 7. The van der Waals surface area contributed by atoms with Crippen LogP contribution in [0.5, 0.6) is 11.5 Å². The van der Waals surface area contributed by atoms with Crippen LogP contribution >= 0.6 is 0 Å².